The quantitative estimate of drug-likeness (QED) is 0.343. The van der Waals surface area contributed by atoms with E-state index < -0.39 is 9.84 Å². The highest BCUT2D eigenvalue weighted by atomic mass is 32.2. The number of hydrogen-bond donors (Lipinski definition) is 1. The maximum atomic E-state index is 11.3. The number of sulfone groups is 1. The molecule has 0 amide bonds. The summed E-state index contributed by atoms with van der Waals surface area (Å²) in [7, 11) is -2.52. The Morgan fingerprint density at radius 2 is 2.15 bits per heavy atom. The first-order chi connectivity index (χ1) is 16.2. The molecule has 8 nitrogen and oxygen atoms in total. The largest absolute Gasteiger partial charge is 0.490 e. The van der Waals surface area contributed by atoms with Gasteiger partial charge in [0.15, 0.2) is 0 Å². The standard InChI is InChI=1S/C24H27N4O4PS/c1-15(2)31-21-9-7-16(13-17(21)14-25)24-27-23(28-32-24)20-6-4-5-19-18(20)8-10-22(19)33-26-11-12-34(3,29)30/h4-7,9,13,15,22,26,33H,8,10-12H2,1-3H3/t22-/m1/s1. The highest BCUT2D eigenvalue weighted by Gasteiger charge is 2.26. The van der Waals surface area contributed by atoms with Gasteiger partial charge in [-0.15, -0.1) is 0 Å². The molecule has 34 heavy (non-hydrogen) atoms. The first kappa shape index (κ1) is 24.3. The summed E-state index contributed by atoms with van der Waals surface area (Å²) in [5.74, 6) is 1.53. The fourth-order valence-electron chi connectivity index (χ4n) is 4.00. The van der Waals surface area contributed by atoms with Crippen LogP contribution in [0.5, 0.6) is 5.75 Å². The lowest BCUT2D eigenvalue weighted by Crippen LogP contribution is -2.16. The van der Waals surface area contributed by atoms with Gasteiger partial charge in [0.05, 0.1) is 17.4 Å². The number of aromatic nitrogens is 2. The second kappa shape index (κ2) is 10.2. The first-order valence-electron chi connectivity index (χ1n) is 11.1. The Kier molecular flexibility index (Phi) is 7.32. The highest BCUT2D eigenvalue weighted by Crippen LogP contribution is 2.46. The molecule has 3 aromatic rings. The van der Waals surface area contributed by atoms with Crippen LogP contribution in [0.15, 0.2) is 40.9 Å². The average Bonchev–Trinajstić information content (AvgIpc) is 3.43. The lowest BCUT2D eigenvalue weighted by molar-refractivity contribution is 0.241. The molecule has 0 saturated carbocycles. The van der Waals surface area contributed by atoms with E-state index in [9.17, 15) is 13.7 Å². The molecule has 1 unspecified atom stereocenters. The molecule has 10 heteroatoms. The van der Waals surface area contributed by atoms with Crippen molar-refractivity contribution in [2.24, 2.45) is 0 Å². The minimum Gasteiger partial charge on any atom is -0.490 e. The number of fused-ring (bicyclic) bond motifs is 1. The van der Waals surface area contributed by atoms with Crippen LogP contribution in [0.2, 0.25) is 0 Å². The summed E-state index contributed by atoms with van der Waals surface area (Å²) in [6.07, 6.45) is 3.11. The van der Waals surface area contributed by atoms with E-state index in [-0.39, 0.29) is 11.9 Å². The maximum Gasteiger partial charge on any atom is 0.258 e. The Labute approximate surface area is 201 Å². The lowest BCUT2D eigenvalue weighted by atomic mass is 10.0. The Morgan fingerprint density at radius 3 is 2.88 bits per heavy atom. The summed E-state index contributed by atoms with van der Waals surface area (Å²) in [6.45, 7) is 4.28. The summed E-state index contributed by atoms with van der Waals surface area (Å²) < 4.78 is 33.9. The Hall–Kier alpha value is -2.79. The smallest absolute Gasteiger partial charge is 0.258 e. The summed E-state index contributed by atoms with van der Waals surface area (Å²) in [4.78, 5) is 4.61. The number of hydrogen-bond acceptors (Lipinski definition) is 8. The van der Waals surface area contributed by atoms with Crippen LogP contribution in [0.4, 0.5) is 0 Å². The minimum absolute atomic E-state index is 0.0348. The van der Waals surface area contributed by atoms with Crippen molar-refractivity contribution in [3.8, 4) is 34.7 Å². The summed E-state index contributed by atoms with van der Waals surface area (Å²) in [6, 6.07) is 13.5. The van der Waals surface area contributed by atoms with Crippen molar-refractivity contribution in [1.29, 1.82) is 5.26 Å². The zero-order valence-corrected chi connectivity index (χ0v) is 21.1. The van der Waals surface area contributed by atoms with Crippen LogP contribution in [0.1, 0.15) is 42.6 Å². The van der Waals surface area contributed by atoms with Gasteiger partial charge in [0, 0.05) is 29.6 Å². The zero-order chi connectivity index (χ0) is 24.3. The second-order valence-corrected chi connectivity index (χ2v) is 12.2. The molecule has 1 N–H and O–H groups in total. The molecule has 1 aliphatic carbocycles. The van der Waals surface area contributed by atoms with Gasteiger partial charge in [-0.1, -0.05) is 23.4 Å². The highest BCUT2D eigenvalue weighted by molar-refractivity contribution is 7.90. The Balaban J connectivity index is 1.53. The van der Waals surface area contributed by atoms with Crippen LogP contribution < -0.4 is 9.82 Å². The molecular formula is C24H27N4O4PS. The van der Waals surface area contributed by atoms with Crippen LogP contribution in [0.3, 0.4) is 0 Å². The fourth-order valence-corrected chi connectivity index (χ4v) is 5.89. The van der Waals surface area contributed by atoms with Gasteiger partial charge >= 0.3 is 0 Å². The molecule has 1 heterocycles. The van der Waals surface area contributed by atoms with Gasteiger partial charge in [-0.25, -0.2) is 8.42 Å². The van der Waals surface area contributed by atoms with Crippen molar-refractivity contribution in [3.05, 3.63) is 53.1 Å². The molecule has 0 aliphatic heterocycles. The predicted molar refractivity (Wildman–Crippen MR) is 133 cm³/mol. The molecule has 4 rings (SSSR count). The van der Waals surface area contributed by atoms with Gasteiger partial charge in [-0.3, -0.25) is 5.09 Å². The molecule has 2 atom stereocenters. The lowest BCUT2D eigenvalue weighted by Gasteiger charge is -2.13. The first-order valence-corrected chi connectivity index (χ1v) is 14.2. The third-order valence-electron chi connectivity index (χ3n) is 5.52. The normalized spacial score (nSPS) is 15.7. The number of ether oxygens (including phenoxy) is 1. The molecule has 0 fully saturated rings. The minimum atomic E-state index is -2.97. The summed E-state index contributed by atoms with van der Waals surface area (Å²) in [5.41, 5.74) is 4.81. The van der Waals surface area contributed by atoms with Crippen LogP contribution >= 0.6 is 8.73 Å². The van der Waals surface area contributed by atoms with Crippen molar-refractivity contribution in [2.75, 3.05) is 18.6 Å². The summed E-state index contributed by atoms with van der Waals surface area (Å²) >= 11 is 0. The topological polar surface area (TPSA) is 118 Å². The van der Waals surface area contributed by atoms with Crippen molar-refractivity contribution < 1.29 is 17.7 Å². The van der Waals surface area contributed by atoms with Crippen LogP contribution in [-0.2, 0) is 16.3 Å². The zero-order valence-electron chi connectivity index (χ0n) is 19.3. The number of nitrogens with one attached hydrogen (secondary N) is 1. The van der Waals surface area contributed by atoms with Gasteiger partial charge in [-0.05, 0) is 64.7 Å². The van der Waals surface area contributed by atoms with E-state index in [0.29, 0.717) is 49.5 Å². The van der Waals surface area contributed by atoms with E-state index in [1.54, 1.807) is 12.1 Å². The second-order valence-electron chi connectivity index (χ2n) is 8.58. The SMILES string of the molecule is CC(C)Oc1ccc(-c2nc(-c3cccc4c3CC[C@H]4PNCCS(C)(=O)=O)no2)cc1C#N. The van der Waals surface area contributed by atoms with E-state index in [2.05, 4.69) is 27.4 Å². The molecule has 0 bridgehead atoms. The molecule has 0 radical (unpaired) electrons. The molecule has 0 saturated heterocycles. The van der Waals surface area contributed by atoms with Crippen LogP contribution in [-0.4, -0.2) is 43.2 Å². The van der Waals surface area contributed by atoms with Crippen LogP contribution in [0.25, 0.3) is 22.8 Å². The Bertz CT molecular complexity index is 1330. The average molecular weight is 499 g/mol. The predicted octanol–water partition coefficient (Wildman–Crippen LogP) is 4.28. The fraction of sp³-hybridized carbons (Fsp3) is 0.375. The van der Waals surface area contributed by atoms with E-state index in [0.717, 1.165) is 18.4 Å². The van der Waals surface area contributed by atoms with Crippen molar-refractivity contribution >= 4 is 18.6 Å². The number of nitrogens with zero attached hydrogens (tertiary/aromatic N) is 3. The monoisotopic (exact) mass is 498 g/mol. The van der Waals surface area contributed by atoms with E-state index >= 15 is 0 Å². The third kappa shape index (κ3) is 5.64. The number of nitriles is 1. The van der Waals surface area contributed by atoms with E-state index in [1.807, 2.05) is 32.0 Å². The number of rotatable bonds is 9. The maximum absolute atomic E-state index is 11.3. The van der Waals surface area contributed by atoms with Gasteiger partial charge in [0.2, 0.25) is 5.82 Å². The van der Waals surface area contributed by atoms with Gasteiger partial charge in [-0.2, -0.15) is 10.2 Å². The van der Waals surface area contributed by atoms with Crippen LogP contribution in [0, 0.1) is 11.3 Å². The molecular weight excluding hydrogens is 471 g/mol. The molecule has 1 aromatic heterocycles. The molecule has 0 spiro atoms. The van der Waals surface area contributed by atoms with E-state index in [1.165, 1.54) is 17.4 Å². The third-order valence-corrected chi connectivity index (χ3v) is 7.87. The van der Waals surface area contributed by atoms with Crippen molar-refractivity contribution in [2.45, 2.75) is 38.5 Å². The van der Waals surface area contributed by atoms with Crippen molar-refractivity contribution in [3.63, 3.8) is 0 Å². The Morgan fingerprint density at radius 1 is 1.32 bits per heavy atom. The number of benzene rings is 2. The van der Waals surface area contributed by atoms with Crippen molar-refractivity contribution in [1.82, 2.24) is 15.2 Å². The van der Waals surface area contributed by atoms with Gasteiger partial charge in [0.25, 0.3) is 5.89 Å². The van der Waals surface area contributed by atoms with Gasteiger partial charge in [0.1, 0.15) is 21.7 Å². The molecule has 1 aliphatic rings. The van der Waals surface area contributed by atoms with Gasteiger partial charge < -0.3 is 9.26 Å². The molecule has 178 valence electrons. The summed E-state index contributed by atoms with van der Waals surface area (Å²) in [5, 5.41) is 17.0. The molecule has 2 aromatic carbocycles. The van der Waals surface area contributed by atoms with E-state index in [4.69, 9.17) is 9.26 Å².